The number of aldehydes is 1. The van der Waals surface area contributed by atoms with E-state index in [2.05, 4.69) is 0 Å². The highest BCUT2D eigenvalue weighted by molar-refractivity contribution is 7.79. The van der Waals surface area contributed by atoms with Gasteiger partial charge >= 0.3 is 0 Å². The summed E-state index contributed by atoms with van der Waals surface area (Å²) in [6.07, 6.45) is -6.84. The van der Waals surface area contributed by atoms with Gasteiger partial charge in [-0.15, -0.1) is 0 Å². The van der Waals surface area contributed by atoms with Crippen molar-refractivity contribution in [3.05, 3.63) is 0 Å². The lowest BCUT2D eigenvalue weighted by atomic mass is 10.0. The smallest absolute Gasteiger partial charge is 0.151 e. The zero-order valence-corrected chi connectivity index (χ0v) is 11.1. The Balaban J connectivity index is -0.000000139. The minimum atomic E-state index is -5.17. The minimum Gasteiger partial charge on any atom is -0.759 e. The quantitative estimate of drug-likeness (QED) is 0.147. The highest BCUT2D eigenvalue weighted by Gasteiger charge is 2.29. The number of hydrogen-bond acceptors (Lipinski definition) is 10. The van der Waals surface area contributed by atoms with E-state index >= 15 is 0 Å². The zero-order valence-electron chi connectivity index (χ0n) is 10.3. The molecule has 0 fully saturated rings. The summed E-state index contributed by atoms with van der Waals surface area (Å²) in [5, 5.41) is 43.5. The second-order valence-electron chi connectivity index (χ2n) is 2.77. The lowest BCUT2D eigenvalue weighted by Gasteiger charge is -2.22. The molecule has 4 atom stereocenters. The van der Waals surface area contributed by atoms with E-state index in [1.165, 1.54) is 0 Å². The lowest BCUT2D eigenvalue weighted by molar-refractivity contribution is -0.136. The summed E-state index contributed by atoms with van der Waals surface area (Å²) in [7, 11) is -5.17. The first-order valence-corrected chi connectivity index (χ1v) is 5.33. The summed E-state index contributed by atoms with van der Waals surface area (Å²) in [5.74, 6) is 0. The molecule has 0 aliphatic rings. The first-order valence-electron chi connectivity index (χ1n) is 3.99. The predicted octanol–water partition coefficient (Wildman–Crippen LogP) is -3.96. The average Bonchev–Trinajstić information content (AvgIpc) is 2.22. The molecule has 0 aromatic carbocycles. The van der Waals surface area contributed by atoms with Crippen molar-refractivity contribution >= 4 is 16.7 Å². The Hall–Kier alpha value is -0.740. The molecule has 0 aliphatic heterocycles. The first kappa shape index (κ1) is 26.8. The van der Waals surface area contributed by atoms with Crippen LogP contribution in [0.3, 0.4) is 0 Å². The van der Waals surface area contributed by atoms with Crippen LogP contribution >= 0.6 is 0 Å². The van der Waals surface area contributed by atoms with E-state index in [0.29, 0.717) is 0 Å². The van der Waals surface area contributed by atoms with Gasteiger partial charge in [0.15, 0.2) is 6.29 Å². The SMILES string of the molecule is O=C[C@H](O)[C@@H](O)[C@H](O)[C@H](O)CO.O=S(=O)([O-])[O-].[NH4+].[NH4+]. The largest absolute Gasteiger partial charge is 0.759 e. The molecule has 0 aliphatic carbocycles. The third-order valence-electron chi connectivity index (χ3n) is 1.42. The Bertz CT molecular complexity index is 301. The molecule has 13 N–H and O–H groups in total. The van der Waals surface area contributed by atoms with Crippen LogP contribution in [0.15, 0.2) is 0 Å². The molecule has 0 saturated heterocycles. The van der Waals surface area contributed by atoms with Crippen LogP contribution in [-0.4, -0.2) is 80.4 Å². The van der Waals surface area contributed by atoms with Gasteiger partial charge in [-0.3, -0.25) is 8.42 Å². The predicted molar refractivity (Wildman–Crippen MR) is 59.6 cm³/mol. The molecular weight excluding hydrogens is 292 g/mol. The number of carbonyl (C=O) groups is 1. The van der Waals surface area contributed by atoms with E-state index in [1.807, 2.05) is 0 Å². The van der Waals surface area contributed by atoms with Crippen molar-refractivity contribution in [3.8, 4) is 0 Å². The third kappa shape index (κ3) is 17.3. The topological polar surface area (TPSA) is 271 Å². The summed E-state index contributed by atoms with van der Waals surface area (Å²) in [6, 6.07) is 0. The fourth-order valence-electron chi connectivity index (χ4n) is 0.618. The number of hydrogen-bond donors (Lipinski definition) is 7. The monoisotopic (exact) mass is 312 g/mol. The van der Waals surface area contributed by atoms with Crippen molar-refractivity contribution in [2.24, 2.45) is 0 Å². The maximum atomic E-state index is 9.90. The molecule has 120 valence electrons. The lowest BCUT2D eigenvalue weighted by Crippen LogP contribution is -2.46. The second kappa shape index (κ2) is 12.3. The molecule has 12 nitrogen and oxygen atoms in total. The average molecular weight is 312 g/mol. The normalized spacial score (nSPS) is 16.4. The Morgan fingerprint density at radius 1 is 1.00 bits per heavy atom. The van der Waals surface area contributed by atoms with Crippen LogP contribution in [0.1, 0.15) is 0 Å². The summed E-state index contributed by atoms with van der Waals surface area (Å²) in [4.78, 5) is 9.90. The Morgan fingerprint density at radius 2 is 1.32 bits per heavy atom. The summed E-state index contributed by atoms with van der Waals surface area (Å²) in [5.41, 5.74) is 0. The van der Waals surface area contributed by atoms with Gasteiger partial charge in [-0.1, -0.05) is 0 Å². The number of quaternary nitrogens is 2. The van der Waals surface area contributed by atoms with Crippen molar-refractivity contribution < 1.29 is 47.9 Å². The van der Waals surface area contributed by atoms with Crippen LogP contribution < -0.4 is 12.3 Å². The molecule has 0 aromatic heterocycles. The van der Waals surface area contributed by atoms with E-state index in [0.717, 1.165) is 0 Å². The fraction of sp³-hybridized carbons (Fsp3) is 0.833. The van der Waals surface area contributed by atoms with Crippen LogP contribution in [0, 0.1) is 0 Å². The van der Waals surface area contributed by atoms with E-state index in [9.17, 15) is 4.79 Å². The Morgan fingerprint density at radius 3 is 1.53 bits per heavy atom. The van der Waals surface area contributed by atoms with Crippen molar-refractivity contribution in [3.63, 3.8) is 0 Å². The van der Waals surface area contributed by atoms with Crippen LogP contribution in [0.5, 0.6) is 0 Å². The number of rotatable bonds is 5. The third-order valence-corrected chi connectivity index (χ3v) is 1.42. The molecule has 0 heterocycles. The molecule has 0 saturated carbocycles. The van der Waals surface area contributed by atoms with E-state index in [-0.39, 0.29) is 18.6 Å². The molecule has 0 amide bonds. The van der Waals surface area contributed by atoms with Crippen LogP contribution in [0.4, 0.5) is 0 Å². The highest BCUT2D eigenvalue weighted by atomic mass is 32.3. The van der Waals surface area contributed by atoms with Gasteiger partial charge < -0.3 is 51.7 Å². The summed E-state index contributed by atoms with van der Waals surface area (Å²) >= 11 is 0. The van der Waals surface area contributed by atoms with Crippen molar-refractivity contribution in [2.45, 2.75) is 24.4 Å². The maximum Gasteiger partial charge on any atom is 0.151 e. The minimum absolute atomic E-state index is 0. The van der Waals surface area contributed by atoms with Crippen LogP contribution in [0.2, 0.25) is 0 Å². The van der Waals surface area contributed by atoms with Gasteiger partial charge in [0.2, 0.25) is 0 Å². The van der Waals surface area contributed by atoms with Crippen molar-refractivity contribution in [1.82, 2.24) is 12.3 Å². The molecule has 0 aromatic rings. The molecule has 0 rings (SSSR count). The van der Waals surface area contributed by atoms with E-state index in [1.54, 1.807) is 0 Å². The number of aliphatic hydroxyl groups is 5. The molecule has 0 spiro atoms. The first-order chi connectivity index (χ1) is 7.54. The summed E-state index contributed by atoms with van der Waals surface area (Å²) in [6.45, 7) is -0.760. The van der Waals surface area contributed by atoms with Crippen LogP contribution in [0.25, 0.3) is 0 Å². The molecule has 19 heavy (non-hydrogen) atoms. The molecule has 0 radical (unpaired) electrons. The van der Waals surface area contributed by atoms with E-state index < -0.39 is 41.4 Å². The molecular formula is C6H20N2O10S. The van der Waals surface area contributed by atoms with E-state index in [4.69, 9.17) is 43.1 Å². The van der Waals surface area contributed by atoms with Gasteiger partial charge in [0.1, 0.15) is 24.4 Å². The maximum absolute atomic E-state index is 9.90. The zero-order chi connectivity index (χ0) is 14.2. The Labute approximate surface area is 109 Å². The van der Waals surface area contributed by atoms with Gasteiger partial charge in [0, 0.05) is 10.4 Å². The molecule has 0 bridgehead atoms. The standard InChI is InChI=1S/C6H12O6.2H3N.H2O4S/c7-1-3(9)5(11)6(12)4(10)2-8;;;1-5(2,3)4/h1,3-6,8-12H,2H2;2*1H3;(H2,1,2,3,4)/t3-,4+,5+,6+;;;/m0.../s1. The van der Waals surface area contributed by atoms with Gasteiger partial charge in [-0.25, -0.2) is 0 Å². The molecule has 0 unspecified atom stereocenters. The van der Waals surface area contributed by atoms with Crippen molar-refractivity contribution in [2.75, 3.05) is 6.61 Å². The van der Waals surface area contributed by atoms with Crippen LogP contribution in [-0.2, 0) is 15.2 Å². The molecule has 13 heteroatoms. The highest BCUT2D eigenvalue weighted by Crippen LogP contribution is 2.02. The summed E-state index contributed by atoms with van der Waals surface area (Å²) < 4.78 is 34.1. The van der Waals surface area contributed by atoms with Gasteiger partial charge in [0.05, 0.1) is 6.61 Å². The fourth-order valence-corrected chi connectivity index (χ4v) is 0.618. The van der Waals surface area contributed by atoms with Gasteiger partial charge in [0.25, 0.3) is 0 Å². The number of aliphatic hydroxyl groups excluding tert-OH is 5. The Kier molecular flexibility index (Phi) is 17.3. The van der Waals surface area contributed by atoms with Gasteiger partial charge in [-0.2, -0.15) is 0 Å². The second-order valence-corrected chi connectivity index (χ2v) is 3.58. The van der Waals surface area contributed by atoms with Gasteiger partial charge in [-0.05, 0) is 0 Å². The number of carbonyl (C=O) groups excluding carboxylic acids is 1. The van der Waals surface area contributed by atoms with Crippen molar-refractivity contribution in [1.29, 1.82) is 0 Å².